The molecule has 7 heteroatoms. The summed E-state index contributed by atoms with van der Waals surface area (Å²) in [4.78, 5) is 8.93. The number of methoxy groups -OCH3 is 1. The van der Waals surface area contributed by atoms with Gasteiger partial charge in [0.05, 0.1) is 13.2 Å². The second-order valence-electron chi connectivity index (χ2n) is 6.48. The minimum Gasteiger partial charge on any atom is -0.494 e. The number of fused-ring (bicyclic) bond motifs is 1. The Morgan fingerprint density at radius 1 is 1.23 bits per heavy atom. The molecule has 1 aliphatic rings. The number of ether oxygens (including phenoxy) is 2. The van der Waals surface area contributed by atoms with E-state index in [2.05, 4.69) is 20.4 Å². The highest BCUT2D eigenvalue weighted by molar-refractivity contribution is 5.80. The number of hydrogen-bond acceptors (Lipinski definition) is 6. The molecule has 3 aromatic rings. The number of aromatic nitrogens is 4. The van der Waals surface area contributed by atoms with Crippen LogP contribution in [0, 0.1) is 0 Å². The fourth-order valence-corrected chi connectivity index (χ4v) is 3.42. The van der Waals surface area contributed by atoms with Gasteiger partial charge in [-0.15, -0.1) is 0 Å². The van der Waals surface area contributed by atoms with E-state index in [1.807, 2.05) is 37.8 Å². The van der Waals surface area contributed by atoms with Gasteiger partial charge in [0, 0.05) is 42.8 Å². The van der Waals surface area contributed by atoms with Crippen LogP contribution in [0.5, 0.6) is 5.75 Å². The Hall–Kier alpha value is -2.67. The van der Waals surface area contributed by atoms with E-state index in [9.17, 15) is 0 Å². The van der Waals surface area contributed by atoms with Crippen LogP contribution in [-0.4, -0.2) is 39.8 Å². The Morgan fingerprint density at radius 2 is 2.00 bits per heavy atom. The highest BCUT2D eigenvalue weighted by Gasteiger charge is 2.16. The maximum atomic E-state index is 5.88. The summed E-state index contributed by atoms with van der Waals surface area (Å²) in [5.74, 6) is 2.25. The minimum absolute atomic E-state index is 0.365. The van der Waals surface area contributed by atoms with Crippen molar-refractivity contribution in [1.29, 1.82) is 0 Å². The first kappa shape index (κ1) is 16.8. The van der Waals surface area contributed by atoms with Crippen molar-refractivity contribution in [2.75, 3.05) is 19.5 Å². The lowest BCUT2D eigenvalue weighted by Gasteiger charge is -2.11. The van der Waals surface area contributed by atoms with Gasteiger partial charge in [0.2, 0.25) is 0 Å². The van der Waals surface area contributed by atoms with Crippen molar-refractivity contribution in [2.45, 2.75) is 38.4 Å². The Labute approximate surface area is 152 Å². The fraction of sp³-hybridized carbons (Fsp3) is 0.421. The molecule has 0 aromatic carbocycles. The molecule has 3 aromatic heterocycles. The van der Waals surface area contributed by atoms with Crippen LogP contribution in [0.3, 0.4) is 0 Å². The molecular weight excluding hydrogens is 330 g/mol. The van der Waals surface area contributed by atoms with Crippen molar-refractivity contribution in [1.82, 2.24) is 19.6 Å². The van der Waals surface area contributed by atoms with Crippen LogP contribution in [0.1, 0.15) is 31.5 Å². The van der Waals surface area contributed by atoms with E-state index in [-0.39, 0.29) is 0 Å². The molecule has 136 valence electrons. The zero-order chi connectivity index (χ0) is 17.9. The lowest BCUT2D eigenvalue weighted by atomic mass is 10.1. The number of rotatable bonds is 6. The van der Waals surface area contributed by atoms with E-state index < -0.39 is 0 Å². The minimum atomic E-state index is 0.365. The molecule has 0 saturated heterocycles. The van der Waals surface area contributed by atoms with Crippen LogP contribution in [-0.2, 0) is 11.3 Å². The second kappa shape index (κ2) is 7.29. The lowest BCUT2D eigenvalue weighted by molar-refractivity contribution is 0.0417. The number of nitrogens with zero attached hydrogens (tertiary/aromatic N) is 4. The van der Waals surface area contributed by atoms with Gasteiger partial charge in [-0.2, -0.15) is 5.10 Å². The highest BCUT2D eigenvalue weighted by Crippen LogP contribution is 2.34. The van der Waals surface area contributed by atoms with Crippen LogP contribution in [0.2, 0.25) is 0 Å². The van der Waals surface area contributed by atoms with Gasteiger partial charge in [-0.3, -0.25) is 0 Å². The first-order valence-electron chi connectivity index (χ1n) is 8.95. The van der Waals surface area contributed by atoms with Gasteiger partial charge in [-0.05, 0) is 18.9 Å². The van der Waals surface area contributed by atoms with Crippen molar-refractivity contribution in [3.63, 3.8) is 0 Å². The molecule has 0 amide bonds. The molecule has 1 saturated carbocycles. The molecule has 4 rings (SSSR count). The van der Waals surface area contributed by atoms with Gasteiger partial charge >= 0.3 is 0 Å². The summed E-state index contributed by atoms with van der Waals surface area (Å²) in [6.45, 7) is 0.468. The molecule has 1 N–H and O–H groups in total. The summed E-state index contributed by atoms with van der Waals surface area (Å²) in [5, 5.41) is 7.47. The SMILES string of the molecule is CNc1cc2c(OC)c(-c3cnc(COC4CCCC4)nc3)ccn2n1. The summed E-state index contributed by atoms with van der Waals surface area (Å²) in [6.07, 6.45) is 10.7. The van der Waals surface area contributed by atoms with Crippen LogP contribution in [0.25, 0.3) is 16.6 Å². The molecule has 1 fully saturated rings. The lowest BCUT2D eigenvalue weighted by Crippen LogP contribution is -2.09. The predicted octanol–water partition coefficient (Wildman–Crippen LogP) is 3.30. The van der Waals surface area contributed by atoms with Crippen molar-refractivity contribution in [3.05, 3.63) is 36.5 Å². The fourth-order valence-electron chi connectivity index (χ4n) is 3.42. The van der Waals surface area contributed by atoms with Crippen molar-refractivity contribution >= 4 is 11.3 Å². The third-order valence-corrected chi connectivity index (χ3v) is 4.82. The van der Waals surface area contributed by atoms with Gasteiger partial charge in [-0.25, -0.2) is 14.5 Å². The Morgan fingerprint density at radius 3 is 2.69 bits per heavy atom. The zero-order valence-electron chi connectivity index (χ0n) is 15.1. The Balaban J connectivity index is 1.58. The average Bonchev–Trinajstić information content (AvgIpc) is 3.35. The van der Waals surface area contributed by atoms with E-state index in [0.29, 0.717) is 18.5 Å². The van der Waals surface area contributed by atoms with Crippen LogP contribution in [0.4, 0.5) is 5.82 Å². The van der Waals surface area contributed by atoms with E-state index in [0.717, 1.165) is 41.1 Å². The number of hydrogen-bond donors (Lipinski definition) is 1. The zero-order valence-corrected chi connectivity index (χ0v) is 15.1. The quantitative estimate of drug-likeness (QED) is 0.733. The third kappa shape index (κ3) is 3.22. The number of anilines is 1. The monoisotopic (exact) mass is 353 g/mol. The Bertz CT molecular complexity index is 885. The third-order valence-electron chi connectivity index (χ3n) is 4.82. The molecular formula is C19H23N5O2. The van der Waals surface area contributed by atoms with Gasteiger partial charge in [0.1, 0.15) is 17.9 Å². The first-order valence-corrected chi connectivity index (χ1v) is 8.95. The van der Waals surface area contributed by atoms with Crippen LogP contribution in [0.15, 0.2) is 30.7 Å². The van der Waals surface area contributed by atoms with E-state index >= 15 is 0 Å². The smallest absolute Gasteiger partial charge is 0.153 e. The number of nitrogens with one attached hydrogen (secondary N) is 1. The summed E-state index contributed by atoms with van der Waals surface area (Å²) in [5.41, 5.74) is 2.73. The topological polar surface area (TPSA) is 73.6 Å². The predicted molar refractivity (Wildman–Crippen MR) is 99.4 cm³/mol. The normalized spacial score (nSPS) is 14.8. The van der Waals surface area contributed by atoms with E-state index in [1.165, 1.54) is 12.8 Å². The molecule has 3 heterocycles. The van der Waals surface area contributed by atoms with Crippen LogP contribution < -0.4 is 10.1 Å². The molecule has 7 nitrogen and oxygen atoms in total. The first-order chi connectivity index (χ1) is 12.8. The van der Waals surface area contributed by atoms with Crippen molar-refractivity contribution < 1.29 is 9.47 Å². The van der Waals surface area contributed by atoms with Crippen LogP contribution >= 0.6 is 0 Å². The molecule has 0 atom stereocenters. The molecule has 0 spiro atoms. The highest BCUT2D eigenvalue weighted by atomic mass is 16.5. The van der Waals surface area contributed by atoms with Crippen molar-refractivity contribution in [2.24, 2.45) is 0 Å². The van der Waals surface area contributed by atoms with Gasteiger partial charge in [0.25, 0.3) is 0 Å². The molecule has 0 unspecified atom stereocenters. The standard InChI is InChI=1S/C19H23N5O2/c1-20-17-9-16-19(25-2)15(7-8-24(16)23-17)13-10-21-18(22-11-13)12-26-14-5-3-4-6-14/h7-11,14H,3-6,12H2,1-2H3,(H,20,23). The maximum absolute atomic E-state index is 5.88. The van der Waals surface area contributed by atoms with Gasteiger partial charge in [-0.1, -0.05) is 12.8 Å². The Kier molecular flexibility index (Phi) is 4.71. The molecule has 1 aliphatic carbocycles. The summed E-state index contributed by atoms with van der Waals surface area (Å²) in [6, 6.07) is 3.92. The molecule has 0 bridgehead atoms. The van der Waals surface area contributed by atoms with Crippen molar-refractivity contribution in [3.8, 4) is 16.9 Å². The van der Waals surface area contributed by atoms with Gasteiger partial charge in [0.15, 0.2) is 11.6 Å². The summed E-state index contributed by atoms with van der Waals surface area (Å²) in [7, 11) is 3.50. The molecule has 0 aliphatic heterocycles. The molecule has 26 heavy (non-hydrogen) atoms. The van der Waals surface area contributed by atoms with E-state index in [1.54, 1.807) is 11.6 Å². The van der Waals surface area contributed by atoms with E-state index in [4.69, 9.17) is 9.47 Å². The second-order valence-corrected chi connectivity index (χ2v) is 6.48. The number of pyridine rings is 1. The largest absolute Gasteiger partial charge is 0.494 e. The summed E-state index contributed by atoms with van der Waals surface area (Å²) < 4.78 is 13.3. The average molecular weight is 353 g/mol. The van der Waals surface area contributed by atoms with Gasteiger partial charge < -0.3 is 14.8 Å². The molecule has 0 radical (unpaired) electrons. The summed E-state index contributed by atoms with van der Waals surface area (Å²) >= 11 is 0. The maximum Gasteiger partial charge on any atom is 0.153 e.